The van der Waals surface area contributed by atoms with E-state index in [1.165, 1.54) is 0 Å². The molecule has 1 aromatic heterocycles. The number of hydrogen-bond acceptors (Lipinski definition) is 3. The third-order valence-corrected chi connectivity index (χ3v) is 5.41. The molecule has 0 aromatic carbocycles. The first-order valence-corrected chi connectivity index (χ1v) is 8.57. The van der Waals surface area contributed by atoms with Crippen LogP contribution in [0.3, 0.4) is 0 Å². The summed E-state index contributed by atoms with van der Waals surface area (Å²) in [6, 6.07) is 1.41. The van der Waals surface area contributed by atoms with Crippen molar-refractivity contribution in [2.75, 3.05) is 0 Å². The number of hydrogen-bond donors (Lipinski definition) is 2. The van der Waals surface area contributed by atoms with Gasteiger partial charge in [0, 0.05) is 30.3 Å². The molecule has 2 atom stereocenters. The molecule has 1 saturated carbocycles. The average Bonchev–Trinajstić information content (AvgIpc) is 2.97. The van der Waals surface area contributed by atoms with E-state index in [-0.39, 0.29) is 36.0 Å². The first-order chi connectivity index (χ1) is 11.1. The van der Waals surface area contributed by atoms with Crippen molar-refractivity contribution >= 4 is 5.91 Å². The molecule has 0 bridgehead atoms. The van der Waals surface area contributed by atoms with E-state index >= 15 is 0 Å². The Labute approximate surface area is 141 Å². The highest BCUT2D eigenvalue weighted by Gasteiger charge is 2.40. The number of nitrogens with zero attached hydrogens (tertiary/aromatic N) is 1. The molecule has 2 aliphatic carbocycles. The zero-order chi connectivity index (χ0) is 17.7. The molecule has 24 heavy (non-hydrogen) atoms. The fourth-order valence-corrected chi connectivity index (χ4v) is 4.02. The van der Waals surface area contributed by atoms with Crippen LogP contribution < -0.4 is 11.1 Å². The van der Waals surface area contributed by atoms with Crippen molar-refractivity contribution in [3.05, 3.63) is 28.6 Å². The number of nitrogens with two attached hydrogens (primary N) is 1. The summed E-state index contributed by atoms with van der Waals surface area (Å²) in [4.78, 5) is 16.1. The van der Waals surface area contributed by atoms with E-state index in [0.29, 0.717) is 6.42 Å². The Bertz CT molecular complexity index is 672. The predicted molar refractivity (Wildman–Crippen MR) is 88.2 cm³/mol. The molecule has 1 unspecified atom stereocenters. The third kappa shape index (κ3) is 3.16. The summed E-state index contributed by atoms with van der Waals surface area (Å²) >= 11 is 0. The Hall–Kier alpha value is -1.56. The molecular formula is C18H25F2N3O. The van der Waals surface area contributed by atoms with Gasteiger partial charge < -0.3 is 11.1 Å². The molecule has 2 aliphatic rings. The maximum Gasteiger partial charge on any atom is 0.267 e. The lowest BCUT2D eigenvalue weighted by Crippen LogP contribution is -2.31. The van der Waals surface area contributed by atoms with Gasteiger partial charge in [0.15, 0.2) is 0 Å². The summed E-state index contributed by atoms with van der Waals surface area (Å²) in [7, 11) is 0. The maximum atomic E-state index is 13.4. The van der Waals surface area contributed by atoms with E-state index in [4.69, 9.17) is 5.73 Å². The number of halogens is 2. The first-order valence-electron chi connectivity index (χ1n) is 8.57. The van der Waals surface area contributed by atoms with Crippen LogP contribution in [0.25, 0.3) is 0 Å². The molecule has 0 spiro atoms. The van der Waals surface area contributed by atoms with E-state index in [9.17, 15) is 13.6 Å². The Balaban J connectivity index is 1.91. The molecule has 0 aliphatic heterocycles. The number of fused-ring (bicyclic) bond motifs is 1. The SMILES string of the molecule is CC(N[C@@H]1CCC(F)(F)C1)c1cc(C(N)=O)nc2c1CCC2(C)C. The van der Waals surface area contributed by atoms with Crippen LogP contribution in [0, 0.1) is 0 Å². The molecule has 132 valence electrons. The van der Waals surface area contributed by atoms with Crippen LogP contribution in [0.2, 0.25) is 0 Å². The number of amides is 1. The lowest BCUT2D eigenvalue weighted by atomic mass is 9.89. The molecule has 0 radical (unpaired) electrons. The van der Waals surface area contributed by atoms with E-state index in [0.717, 1.165) is 29.7 Å². The Morgan fingerprint density at radius 1 is 1.42 bits per heavy atom. The van der Waals surface area contributed by atoms with Crippen molar-refractivity contribution in [3.63, 3.8) is 0 Å². The summed E-state index contributed by atoms with van der Waals surface area (Å²) in [5.74, 6) is -3.13. The highest BCUT2D eigenvalue weighted by molar-refractivity contribution is 5.91. The van der Waals surface area contributed by atoms with E-state index in [2.05, 4.69) is 24.1 Å². The highest BCUT2D eigenvalue weighted by atomic mass is 19.3. The molecule has 1 fully saturated rings. The fourth-order valence-electron chi connectivity index (χ4n) is 4.02. The molecule has 4 nitrogen and oxygen atoms in total. The smallest absolute Gasteiger partial charge is 0.267 e. The number of rotatable bonds is 4. The number of aromatic nitrogens is 1. The van der Waals surface area contributed by atoms with Gasteiger partial charge in [-0.25, -0.2) is 13.8 Å². The van der Waals surface area contributed by atoms with Crippen molar-refractivity contribution in [1.82, 2.24) is 10.3 Å². The highest BCUT2D eigenvalue weighted by Crippen LogP contribution is 2.41. The van der Waals surface area contributed by atoms with Crippen molar-refractivity contribution in [3.8, 4) is 0 Å². The average molecular weight is 337 g/mol. The van der Waals surface area contributed by atoms with Gasteiger partial charge in [0.25, 0.3) is 5.91 Å². The van der Waals surface area contributed by atoms with Crippen LogP contribution in [0.1, 0.15) is 79.8 Å². The van der Waals surface area contributed by atoms with Crippen LogP contribution in [0.5, 0.6) is 0 Å². The number of primary amides is 1. The van der Waals surface area contributed by atoms with Crippen molar-refractivity contribution in [2.45, 2.75) is 76.3 Å². The second-order valence-corrected chi connectivity index (χ2v) is 7.86. The standard InChI is InChI=1S/C18H25F2N3O/c1-10(22-11-4-7-18(19,20)9-11)13-8-14(16(21)24)23-15-12(13)5-6-17(15,2)3/h8,10-11,22H,4-7,9H2,1-3H3,(H2,21,24)/t10?,11-/m1/s1. The van der Waals surface area contributed by atoms with Gasteiger partial charge >= 0.3 is 0 Å². The molecule has 3 N–H and O–H groups in total. The summed E-state index contributed by atoms with van der Waals surface area (Å²) in [5.41, 5.74) is 8.61. The minimum absolute atomic E-state index is 0.0641. The van der Waals surface area contributed by atoms with Crippen LogP contribution in [-0.2, 0) is 11.8 Å². The van der Waals surface area contributed by atoms with E-state index in [1.54, 1.807) is 6.07 Å². The van der Waals surface area contributed by atoms with Gasteiger partial charge in [0.2, 0.25) is 5.92 Å². The van der Waals surface area contributed by atoms with Gasteiger partial charge in [-0.05, 0) is 43.4 Å². The maximum absolute atomic E-state index is 13.4. The number of pyridine rings is 1. The minimum Gasteiger partial charge on any atom is -0.364 e. The molecule has 6 heteroatoms. The zero-order valence-corrected chi connectivity index (χ0v) is 14.5. The molecule has 1 amide bonds. The van der Waals surface area contributed by atoms with Crippen LogP contribution in [0.15, 0.2) is 6.07 Å². The molecule has 1 aromatic rings. The third-order valence-electron chi connectivity index (χ3n) is 5.41. The van der Waals surface area contributed by atoms with E-state index < -0.39 is 11.8 Å². The Morgan fingerprint density at radius 2 is 2.12 bits per heavy atom. The normalized spacial score (nSPS) is 25.5. The van der Waals surface area contributed by atoms with Gasteiger partial charge in [0.05, 0.1) is 5.69 Å². The monoisotopic (exact) mass is 337 g/mol. The minimum atomic E-state index is -2.57. The van der Waals surface area contributed by atoms with Crippen molar-refractivity contribution in [1.29, 1.82) is 0 Å². The van der Waals surface area contributed by atoms with Gasteiger partial charge in [-0.15, -0.1) is 0 Å². The lowest BCUT2D eigenvalue weighted by Gasteiger charge is -2.24. The Kier molecular flexibility index (Phi) is 4.14. The van der Waals surface area contributed by atoms with Crippen LogP contribution in [-0.4, -0.2) is 22.9 Å². The quantitative estimate of drug-likeness (QED) is 0.886. The second kappa shape index (κ2) is 5.76. The van der Waals surface area contributed by atoms with Gasteiger partial charge in [0.1, 0.15) is 5.69 Å². The summed E-state index contributed by atoms with van der Waals surface area (Å²) in [6.07, 6.45) is 2.12. The van der Waals surface area contributed by atoms with Crippen LogP contribution >= 0.6 is 0 Å². The first kappa shape index (κ1) is 17.3. The molecule has 1 heterocycles. The molecule has 3 rings (SSSR count). The number of carbonyl (C=O) groups excluding carboxylic acids is 1. The van der Waals surface area contributed by atoms with Gasteiger partial charge in [-0.2, -0.15) is 0 Å². The van der Waals surface area contributed by atoms with Crippen molar-refractivity contribution in [2.24, 2.45) is 5.73 Å². The molecular weight excluding hydrogens is 312 g/mol. The van der Waals surface area contributed by atoms with Gasteiger partial charge in [-0.1, -0.05) is 13.8 Å². The Morgan fingerprint density at radius 3 is 2.71 bits per heavy atom. The van der Waals surface area contributed by atoms with Crippen molar-refractivity contribution < 1.29 is 13.6 Å². The lowest BCUT2D eigenvalue weighted by molar-refractivity contribution is 0.00663. The van der Waals surface area contributed by atoms with Crippen LogP contribution in [0.4, 0.5) is 8.78 Å². The predicted octanol–water partition coefficient (Wildman–Crippen LogP) is 3.24. The number of nitrogens with one attached hydrogen (secondary N) is 1. The largest absolute Gasteiger partial charge is 0.364 e. The summed E-state index contributed by atoms with van der Waals surface area (Å²) in [6.45, 7) is 6.17. The summed E-state index contributed by atoms with van der Waals surface area (Å²) < 4.78 is 26.9. The van der Waals surface area contributed by atoms with E-state index in [1.807, 2.05) is 6.92 Å². The fraction of sp³-hybridized carbons (Fsp3) is 0.667. The molecule has 0 saturated heterocycles. The second-order valence-electron chi connectivity index (χ2n) is 7.86. The number of alkyl halides is 2. The number of carbonyl (C=O) groups is 1. The van der Waals surface area contributed by atoms with Gasteiger partial charge in [-0.3, -0.25) is 4.79 Å². The summed E-state index contributed by atoms with van der Waals surface area (Å²) in [5, 5.41) is 3.31. The zero-order valence-electron chi connectivity index (χ0n) is 14.5. The topological polar surface area (TPSA) is 68.0 Å².